The molecule has 2 N–H and O–H groups in total. The van der Waals surface area contributed by atoms with Crippen molar-refractivity contribution < 1.29 is 13.2 Å². The van der Waals surface area contributed by atoms with Crippen molar-refractivity contribution in [2.24, 2.45) is 17.8 Å². The molecule has 6 heteroatoms. The maximum atomic E-state index is 12.5. The maximum Gasteiger partial charge on any atom is 0.240 e. The quantitative estimate of drug-likeness (QED) is 0.798. The molecule has 2 aliphatic carbocycles. The molecule has 2 bridgehead atoms. The van der Waals surface area contributed by atoms with Crippen molar-refractivity contribution in [3.63, 3.8) is 0 Å². The van der Waals surface area contributed by atoms with Gasteiger partial charge in [0.2, 0.25) is 15.9 Å². The van der Waals surface area contributed by atoms with Crippen molar-refractivity contribution in [3.05, 3.63) is 42.0 Å². The molecule has 2 fully saturated rings. The second kappa shape index (κ2) is 6.01. The van der Waals surface area contributed by atoms with Gasteiger partial charge in [-0.3, -0.25) is 4.79 Å². The Labute approximate surface area is 142 Å². The van der Waals surface area contributed by atoms with Gasteiger partial charge in [-0.25, -0.2) is 13.1 Å². The number of nitrogens with one attached hydrogen (secondary N) is 2. The lowest BCUT2D eigenvalue weighted by Crippen LogP contribution is -2.31. The number of amides is 1. The molecule has 1 aromatic rings. The van der Waals surface area contributed by atoms with Gasteiger partial charge in [0.25, 0.3) is 0 Å². The van der Waals surface area contributed by atoms with Crippen LogP contribution in [0, 0.1) is 17.8 Å². The van der Waals surface area contributed by atoms with Crippen LogP contribution in [0.2, 0.25) is 0 Å². The summed E-state index contributed by atoms with van der Waals surface area (Å²) in [7, 11) is -3.47. The molecule has 0 radical (unpaired) electrons. The summed E-state index contributed by atoms with van der Waals surface area (Å²) >= 11 is 0. The Balaban J connectivity index is 1.40. The highest BCUT2D eigenvalue weighted by atomic mass is 32.2. The van der Waals surface area contributed by atoms with Gasteiger partial charge in [0, 0.05) is 25.4 Å². The van der Waals surface area contributed by atoms with Crippen molar-refractivity contribution in [2.75, 3.05) is 13.1 Å². The zero-order chi connectivity index (χ0) is 16.7. The summed E-state index contributed by atoms with van der Waals surface area (Å²) in [6, 6.07) is 6.92. The minimum atomic E-state index is -3.47. The first kappa shape index (κ1) is 15.8. The molecular formula is C18H22N2O3S. The van der Waals surface area contributed by atoms with Crippen LogP contribution in [0.25, 0.3) is 0 Å². The molecule has 4 rings (SSSR count). The van der Waals surface area contributed by atoms with Gasteiger partial charge < -0.3 is 5.32 Å². The summed E-state index contributed by atoms with van der Waals surface area (Å²) in [5, 5.41) is 2.80. The van der Waals surface area contributed by atoms with E-state index < -0.39 is 10.0 Å². The number of fused-ring (bicyclic) bond motifs is 2. The van der Waals surface area contributed by atoms with E-state index in [0.29, 0.717) is 42.2 Å². The summed E-state index contributed by atoms with van der Waals surface area (Å²) < 4.78 is 27.7. The van der Waals surface area contributed by atoms with Gasteiger partial charge in [-0.2, -0.15) is 0 Å². The number of sulfonamides is 1. The molecule has 1 aliphatic heterocycles. The Morgan fingerprint density at radius 2 is 1.92 bits per heavy atom. The molecule has 5 nitrogen and oxygen atoms in total. The largest absolute Gasteiger partial charge is 0.355 e. The number of rotatable bonds is 5. The van der Waals surface area contributed by atoms with Crippen LogP contribution in [0.3, 0.4) is 0 Å². The van der Waals surface area contributed by atoms with E-state index in [4.69, 9.17) is 0 Å². The minimum absolute atomic E-state index is 0.0540. The lowest BCUT2D eigenvalue weighted by Gasteiger charge is -2.18. The van der Waals surface area contributed by atoms with Gasteiger partial charge in [-0.05, 0) is 48.3 Å². The number of benzene rings is 1. The van der Waals surface area contributed by atoms with Gasteiger partial charge in [-0.15, -0.1) is 0 Å². The van der Waals surface area contributed by atoms with Gasteiger partial charge in [0.1, 0.15) is 0 Å². The van der Waals surface area contributed by atoms with Crippen LogP contribution in [-0.4, -0.2) is 27.4 Å². The summed E-state index contributed by atoms with van der Waals surface area (Å²) in [6.45, 7) is 1.14. The first-order valence-corrected chi connectivity index (χ1v) is 10.0. The number of carbonyl (C=O) groups excluding carboxylic acids is 1. The van der Waals surface area contributed by atoms with Crippen LogP contribution in [0.1, 0.15) is 30.7 Å². The smallest absolute Gasteiger partial charge is 0.240 e. The molecule has 1 amide bonds. The van der Waals surface area contributed by atoms with Crippen LogP contribution in [0.5, 0.6) is 0 Å². The predicted molar refractivity (Wildman–Crippen MR) is 90.8 cm³/mol. The lowest BCUT2D eigenvalue weighted by molar-refractivity contribution is -0.119. The fourth-order valence-corrected chi connectivity index (χ4v) is 5.28. The third kappa shape index (κ3) is 3.00. The van der Waals surface area contributed by atoms with Crippen LogP contribution >= 0.6 is 0 Å². The first-order chi connectivity index (χ1) is 11.5. The predicted octanol–water partition coefficient (Wildman–Crippen LogP) is 1.78. The fraction of sp³-hybridized carbons (Fsp3) is 0.500. The average molecular weight is 346 g/mol. The van der Waals surface area contributed by atoms with Crippen molar-refractivity contribution >= 4 is 15.9 Å². The topological polar surface area (TPSA) is 75.3 Å². The summed E-state index contributed by atoms with van der Waals surface area (Å²) in [6.07, 6.45) is 7.23. The number of hydrogen-bond donors (Lipinski definition) is 2. The normalized spacial score (nSPS) is 31.6. The van der Waals surface area contributed by atoms with Gasteiger partial charge in [-0.1, -0.05) is 24.3 Å². The monoisotopic (exact) mass is 346 g/mol. The number of allylic oxidation sites excluding steroid dienone is 2. The summed E-state index contributed by atoms with van der Waals surface area (Å²) in [5.41, 5.74) is 1.01. The van der Waals surface area contributed by atoms with Gasteiger partial charge in [0.05, 0.1) is 4.90 Å². The van der Waals surface area contributed by atoms with Crippen LogP contribution in [-0.2, 0) is 14.8 Å². The highest BCUT2D eigenvalue weighted by molar-refractivity contribution is 7.89. The van der Waals surface area contributed by atoms with E-state index in [1.165, 1.54) is 6.42 Å². The molecule has 128 valence electrons. The average Bonchev–Trinajstić information content (AvgIpc) is 3.30. The molecule has 1 saturated heterocycles. The Hall–Kier alpha value is -1.66. The van der Waals surface area contributed by atoms with E-state index in [2.05, 4.69) is 22.2 Å². The zero-order valence-electron chi connectivity index (χ0n) is 13.4. The lowest BCUT2D eigenvalue weighted by atomic mass is 9.94. The standard InChI is InChI=1S/C18H22N2O3S/c21-18-9-16(10-19-18)13-3-5-17(6-4-13)24(22,23)20-11-15-8-12-1-2-14(15)7-12/h1-6,12,14-16,20H,7-11H2,(H,19,21)/t12-,14-,15+,16-/m0/s1. The van der Waals surface area contributed by atoms with Crippen molar-refractivity contribution in [3.8, 4) is 0 Å². The summed E-state index contributed by atoms with van der Waals surface area (Å²) in [5.74, 6) is 1.80. The van der Waals surface area contributed by atoms with Crippen LogP contribution in [0.4, 0.5) is 0 Å². The molecule has 1 saturated carbocycles. The fourth-order valence-electron chi connectivity index (χ4n) is 4.19. The highest BCUT2D eigenvalue weighted by Crippen LogP contribution is 2.43. The van der Waals surface area contributed by atoms with Crippen molar-refractivity contribution in [1.29, 1.82) is 0 Å². The van der Waals surface area contributed by atoms with E-state index in [1.54, 1.807) is 12.1 Å². The second-order valence-corrected chi connectivity index (χ2v) is 8.93. The Bertz CT molecular complexity index is 770. The maximum absolute atomic E-state index is 12.5. The van der Waals surface area contributed by atoms with E-state index in [-0.39, 0.29) is 11.8 Å². The SMILES string of the molecule is O=C1C[C@H](c2ccc(S(=O)(=O)NC[C@H]3C[C@H]4C=C[C@H]3C4)cc2)CN1. The Kier molecular flexibility index (Phi) is 3.96. The second-order valence-electron chi connectivity index (χ2n) is 7.17. The van der Waals surface area contributed by atoms with Gasteiger partial charge in [0.15, 0.2) is 0 Å². The minimum Gasteiger partial charge on any atom is -0.355 e. The molecule has 4 atom stereocenters. The molecule has 1 heterocycles. The zero-order valence-corrected chi connectivity index (χ0v) is 14.3. The molecule has 0 spiro atoms. The van der Waals surface area contributed by atoms with E-state index in [1.807, 2.05) is 12.1 Å². The molecular weight excluding hydrogens is 324 g/mol. The first-order valence-electron chi connectivity index (χ1n) is 8.56. The van der Waals surface area contributed by atoms with Crippen LogP contribution in [0.15, 0.2) is 41.3 Å². The number of carbonyl (C=O) groups is 1. The molecule has 3 aliphatic rings. The molecule has 1 aromatic carbocycles. The van der Waals surface area contributed by atoms with E-state index in [9.17, 15) is 13.2 Å². The highest BCUT2D eigenvalue weighted by Gasteiger charge is 2.36. The van der Waals surface area contributed by atoms with Gasteiger partial charge >= 0.3 is 0 Å². The number of hydrogen-bond acceptors (Lipinski definition) is 3. The third-order valence-corrected chi connectivity index (χ3v) is 7.03. The molecule has 0 aromatic heterocycles. The van der Waals surface area contributed by atoms with Crippen LogP contribution < -0.4 is 10.0 Å². The third-order valence-electron chi connectivity index (χ3n) is 5.59. The van der Waals surface area contributed by atoms with E-state index in [0.717, 1.165) is 12.0 Å². The molecule has 24 heavy (non-hydrogen) atoms. The van der Waals surface area contributed by atoms with Crippen molar-refractivity contribution in [1.82, 2.24) is 10.0 Å². The molecule has 0 unspecified atom stereocenters. The Morgan fingerprint density at radius 1 is 1.12 bits per heavy atom. The summed E-state index contributed by atoms with van der Waals surface area (Å²) in [4.78, 5) is 11.6. The van der Waals surface area contributed by atoms with Crippen molar-refractivity contribution in [2.45, 2.75) is 30.1 Å². The Morgan fingerprint density at radius 3 is 2.50 bits per heavy atom. The van der Waals surface area contributed by atoms with E-state index >= 15 is 0 Å².